The molecule has 1 aromatic rings. The van der Waals surface area contributed by atoms with Gasteiger partial charge in [-0.1, -0.05) is 12.8 Å². The molecule has 0 aromatic heterocycles. The summed E-state index contributed by atoms with van der Waals surface area (Å²) in [6.45, 7) is 2.45. The van der Waals surface area contributed by atoms with Crippen LogP contribution in [-0.2, 0) is 4.79 Å². The van der Waals surface area contributed by atoms with Gasteiger partial charge < -0.3 is 15.7 Å². The summed E-state index contributed by atoms with van der Waals surface area (Å²) in [6.07, 6.45) is 4.60. The van der Waals surface area contributed by atoms with E-state index in [1.54, 1.807) is 0 Å². The first-order chi connectivity index (χ1) is 10.5. The highest BCUT2D eigenvalue weighted by Crippen LogP contribution is 2.27. The number of hydrogen-bond donors (Lipinski definition) is 3. The van der Waals surface area contributed by atoms with Crippen LogP contribution in [0.15, 0.2) is 24.3 Å². The molecule has 4 nitrogen and oxygen atoms in total. The molecule has 1 aliphatic rings. The average molecular weight is 308 g/mol. The number of halogens is 1. The lowest BCUT2D eigenvalue weighted by Gasteiger charge is -2.21. The van der Waals surface area contributed by atoms with Crippen LogP contribution < -0.4 is 10.6 Å². The van der Waals surface area contributed by atoms with Crippen molar-refractivity contribution < 1.29 is 14.3 Å². The minimum Gasteiger partial charge on any atom is -0.392 e. The first kappa shape index (κ1) is 16.9. The molecule has 0 spiro atoms. The number of amides is 1. The molecule has 0 bridgehead atoms. The Morgan fingerprint density at radius 3 is 2.59 bits per heavy atom. The van der Waals surface area contributed by atoms with E-state index in [2.05, 4.69) is 10.6 Å². The zero-order valence-corrected chi connectivity index (χ0v) is 13.0. The number of benzene rings is 1. The third-order valence-electron chi connectivity index (χ3n) is 4.24. The van der Waals surface area contributed by atoms with Gasteiger partial charge in [0.2, 0.25) is 5.91 Å². The Bertz CT molecular complexity index is 472. The van der Waals surface area contributed by atoms with Gasteiger partial charge in [-0.25, -0.2) is 4.39 Å². The summed E-state index contributed by atoms with van der Waals surface area (Å²) in [5.74, 6) is -0.0522. The SMILES string of the molecule is CC(CC(=O)Nc1ccc(F)cc1)NCC(O)C1CCCC1. The number of carbonyl (C=O) groups excluding carboxylic acids is 1. The van der Waals surface area contributed by atoms with E-state index in [-0.39, 0.29) is 23.9 Å². The zero-order chi connectivity index (χ0) is 15.9. The molecule has 0 radical (unpaired) electrons. The van der Waals surface area contributed by atoms with Gasteiger partial charge in [0.1, 0.15) is 5.82 Å². The summed E-state index contributed by atoms with van der Waals surface area (Å²) in [4.78, 5) is 11.9. The lowest BCUT2D eigenvalue weighted by atomic mass is 10.0. The maximum absolute atomic E-state index is 12.8. The largest absolute Gasteiger partial charge is 0.392 e. The van der Waals surface area contributed by atoms with Gasteiger partial charge >= 0.3 is 0 Å². The number of aliphatic hydroxyl groups is 1. The third kappa shape index (κ3) is 5.39. The quantitative estimate of drug-likeness (QED) is 0.726. The van der Waals surface area contributed by atoms with Crippen molar-refractivity contribution in [3.63, 3.8) is 0 Å². The fraction of sp³-hybridized carbons (Fsp3) is 0.588. The molecule has 122 valence electrons. The Hall–Kier alpha value is -1.46. The summed E-state index contributed by atoms with van der Waals surface area (Å²) >= 11 is 0. The van der Waals surface area contributed by atoms with Gasteiger partial charge in [-0.2, -0.15) is 0 Å². The summed E-state index contributed by atoms with van der Waals surface area (Å²) in [7, 11) is 0. The van der Waals surface area contributed by atoms with Crippen LogP contribution in [0.3, 0.4) is 0 Å². The Kier molecular flexibility index (Phi) is 6.34. The molecule has 22 heavy (non-hydrogen) atoms. The van der Waals surface area contributed by atoms with E-state index in [0.29, 0.717) is 24.6 Å². The Labute approximate surface area is 131 Å². The molecule has 0 saturated heterocycles. The predicted molar refractivity (Wildman–Crippen MR) is 85.1 cm³/mol. The molecule has 1 fully saturated rings. The minimum atomic E-state index is -0.329. The lowest BCUT2D eigenvalue weighted by molar-refractivity contribution is -0.116. The fourth-order valence-corrected chi connectivity index (χ4v) is 2.93. The molecule has 3 N–H and O–H groups in total. The van der Waals surface area contributed by atoms with Crippen LogP contribution in [-0.4, -0.2) is 29.7 Å². The number of nitrogens with one attached hydrogen (secondary N) is 2. The summed E-state index contributed by atoms with van der Waals surface area (Å²) in [5, 5.41) is 16.0. The van der Waals surface area contributed by atoms with Crippen molar-refractivity contribution in [3.8, 4) is 0 Å². The van der Waals surface area contributed by atoms with Crippen molar-refractivity contribution in [3.05, 3.63) is 30.1 Å². The second-order valence-corrected chi connectivity index (χ2v) is 6.18. The molecule has 1 aromatic carbocycles. The van der Waals surface area contributed by atoms with Crippen molar-refractivity contribution in [2.75, 3.05) is 11.9 Å². The first-order valence-electron chi connectivity index (χ1n) is 8.01. The van der Waals surface area contributed by atoms with E-state index in [4.69, 9.17) is 0 Å². The number of aliphatic hydroxyl groups excluding tert-OH is 1. The molecular weight excluding hydrogens is 283 g/mol. The van der Waals surface area contributed by atoms with Crippen LogP contribution in [0, 0.1) is 11.7 Å². The highest BCUT2D eigenvalue weighted by molar-refractivity contribution is 5.91. The molecule has 5 heteroatoms. The molecule has 1 saturated carbocycles. The molecule has 0 aliphatic heterocycles. The van der Waals surface area contributed by atoms with Crippen LogP contribution in [0.4, 0.5) is 10.1 Å². The van der Waals surface area contributed by atoms with Gasteiger partial charge in [0, 0.05) is 24.7 Å². The van der Waals surface area contributed by atoms with Crippen LogP contribution in [0.5, 0.6) is 0 Å². The molecule has 2 rings (SSSR count). The number of anilines is 1. The summed E-state index contributed by atoms with van der Waals surface area (Å²) in [6, 6.07) is 5.69. The fourth-order valence-electron chi connectivity index (χ4n) is 2.93. The van der Waals surface area contributed by atoms with E-state index < -0.39 is 0 Å². The normalized spacial score (nSPS) is 18.1. The molecule has 2 atom stereocenters. The number of rotatable bonds is 7. The molecular formula is C17H25FN2O2. The van der Waals surface area contributed by atoms with Gasteiger partial charge in [0.15, 0.2) is 0 Å². The number of carbonyl (C=O) groups is 1. The smallest absolute Gasteiger partial charge is 0.225 e. The van der Waals surface area contributed by atoms with E-state index in [0.717, 1.165) is 12.8 Å². The van der Waals surface area contributed by atoms with Crippen LogP contribution in [0.25, 0.3) is 0 Å². The molecule has 1 amide bonds. The summed E-state index contributed by atoms with van der Waals surface area (Å²) < 4.78 is 12.8. The Morgan fingerprint density at radius 1 is 1.32 bits per heavy atom. The molecule has 0 heterocycles. The van der Waals surface area contributed by atoms with E-state index in [1.165, 1.54) is 37.1 Å². The van der Waals surface area contributed by atoms with Gasteiger partial charge in [-0.05, 0) is 49.9 Å². The third-order valence-corrected chi connectivity index (χ3v) is 4.24. The predicted octanol–water partition coefficient (Wildman–Crippen LogP) is 2.68. The van der Waals surface area contributed by atoms with Crippen molar-refractivity contribution in [2.45, 2.75) is 51.2 Å². The van der Waals surface area contributed by atoms with Crippen molar-refractivity contribution in [1.29, 1.82) is 0 Å². The van der Waals surface area contributed by atoms with Gasteiger partial charge in [-0.15, -0.1) is 0 Å². The molecule has 1 aliphatic carbocycles. The highest BCUT2D eigenvalue weighted by atomic mass is 19.1. The van der Waals surface area contributed by atoms with Crippen molar-refractivity contribution in [1.82, 2.24) is 5.32 Å². The first-order valence-corrected chi connectivity index (χ1v) is 8.01. The standard InChI is InChI=1S/C17H25FN2O2/c1-12(19-11-16(21)13-4-2-3-5-13)10-17(22)20-15-8-6-14(18)7-9-15/h6-9,12-13,16,19,21H,2-5,10-11H2,1H3,(H,20,22). The molecule has 2 unspecified atom stereocenters. The highest BCUT2D eigenvalue weighted by Gasteiger charge is 2.23. The van der Waals surface area contributed by atoms with Crippen LogP contribution in [0.1, 0.15) is 39.0 Å². The number of hydrogen-bond acceptors (Lipinski definition) is 3. The second kappa shape index (κ2) is 8.25. The maximum atomic E-state index is 12.8. The van der Waals surface area contributed by atoms with E-state index in [1.807, 2.05) is 6.92 Å². The minimum absolute atomic E-state index is 0.0171. The summed E-state index contributed by atoms with van der Waals surface area (Å²) in [5.41, 5.74) is 0.588. The van der Waals surface area contributed by atoms with Crippen molar-refractivity contribution >= 4 is 11.6 Å². The lowest BCUT2D eigenvalue weighted by Crippen LogP contribution is -2.38. The Morgan fingerprint density at radius 2 is 1.95 bits per heavy atom. The van der Waals surface area contributed by atoms with Gasteiger partial charge in [0.25, 0.3) is 0 Å². The van der Waals surface area contributed by atoms with E-state index >= 15 is 0 Å². The van der Waals surface area contributed by atoms with Gasteiger partial charge in [-0.3, -0.25) is 4.79 Å². The van der Waals surface area contributed by atoms with Gasteiger partial charge in [0.05, 0.1) is 6.10 Å². The second-order valence-electron chi connectivity index (χ2n) is 6.18. The van der Waals surface area contributed by atoms with Crippen LogP contribution >= 0.6 is 0 Å². The van der Waals surface area contributed by atoms with Crippen LogP contribution in [0.2, 0.25) is 0 Å². The maximum Gasteiger partial charge on any atom is 0.225 e. The zero-order valence-electron chi connectivity index (χ0n) is 13.0. The Balaban J connectivity index is 1.68. The van der Waals surface area contributed by atoms with E-state index in [9.17, 15) is 14.3 Å². The van der Waals surface area contributed by atoms with Crippen molar-refractivity contribution in [2.24, 2.45) is 5.92 Å². The average Bonchev–Trinajstić information content (AvgIpc) is 3.01. The monoisotopic (exact) mass is 308 g/mol. The topological polar surface area (TPSA) is 61.4 Å².